The number of fused-ring (bicyclic) bond motifs is 1. The predicted molar refractivity (Wildman–Crippen MR) is 113 cm³/mol. The van der Waals surface area contributed by atoms with Crippen molar-refractivity contribution in [1.29, 1.82) is 0 Å². The molecule has 3 rings (SSSR count). The van der Waals surface area contributed by atoms with Gasteiger partial charge in [-0.3, -0.25) is 9.98 Å². The van der Waals surface area contributed by atoms with Gasteiger partial charge in [0, 0.05) is 45.6 Å². The topological polar surface area (TPSA) is 86.7 Å². The number of nitrogens with zero attached hydrogens (tertiary/aromatic N) is 3. The van der Waals surface area contributed by atoms with Gasteiger partial charge in [-0.25, -0.2) is 13.1 Å². The lowest BCUT2D eigenvalue weighted by Gasteiger charge is -2.22. The quantitative estimate of drug-likeness (QED) is 0.282. The number of nitrogens with one attached hydrogen (secondary N) is 2. The zero-order valence-corrected chi connectivity index (χ0v) is 18.2. The van der Waals surface area contributed by atoms with E-state index < -0.39 is 10.0 Å². The molecule has 2 atom stereocenters. The summed E-state index contributed by atoms with van der Waals surface area (Å²) in [6.45, 7) is 2.92. The smallest absolute Gasteiger partial charge is 0.242 e. The van der Waals surface area contributed by atoms with Gasteiger partial charge in [-0.15, -0.1) is 24.0 Å². The second kappa shape index (κ2) is 9.84. The highest BCUT2D eigenvalue weighted by atomic mass is 127. The second-order valence-electron chi connectivity index (χ2n) is 6.77. The minimum Gasteiger partial charge on any atom is -0.355 e. The third kappa shape index (κ3) is 5.29. The van der Waals surface area contributed by atoms with Gasteiger partial charge in [0.1, 0.15) is 4.90 Å². The molecule has 1 aliphatic carbocycles. The van der Waals surface area contributed by atoms with E-state index in [4.69, 9.17) is 0 Å². The van der Waals surface area contributed by atoms with Crippen LogP contribution in [0.25, 0.3) is 0 Å². The molecule has 0 aromatic carbocycles. The molecule has 26 heavy (non-hydrogen) atoms. The zero-order chi connectivity index (χ0) is 17.7. The number of sulfonamides is 1. The summed E-state index contributed by atoms with van der Waals surface area (Å²) < 4.78 is 26.9. The average molecular weight is 493 g/mol. The van der Waals surface area contributed by atoms with E-state index in [-0.39, 0.29) is 28.9 Å². The molecule has 0 bridgehead atoms. The van der Waals surface area contributed by atoms with Gasteiger partial charge in [0.15, 0.2) is 5.96 Å². The van der Waals surface area contributed by atoms with E-state index >= 15 is 0 Å². The van der Waals surface area contributed by atoms with Crippen molar-refractivity contribution in [3.05, 3.63) is 24.5 Å². The number of aliphatic imine (C=N–C) groups is 1. The molecule has 1 saturated carbocycles. The molecule has 2 unspecified atom stereocenters. The molecule has 2 aliphatic rings. The maximum atomic E-state index is 12.2. The molecule has 2 N–H and O–H groups in total. The van der Waals surface area contributed by atoms with Crippen molar-refractivity contribution in [3.63, 3.8) is 0 Å². The highest BCUT2D eigenvalue weighted by Gasteiger charge is 2.35. The predicted octanol–water partition coefficient (Wildman–Crippen LogP) is 1.68. The maximum Gasteiger partial charge on any atom is 0.242 e. The van der Waals surface area contributed by atoms with Crippen LogP contribution in [0.2, 0.25) is 0 Å². The van der Waals surface area contributed by atoms with Crippen molar-refractivity contribution >= 4 is 40.0 Å². The number of hydrogen-bond donors (Lipinski definition) is 2. The monoisotopic (exact) mass is 493 g/mol. The minimum absolute atomic E-state index is 0. The Morgan fingerprint density at radius 1 is 1.27 bits per heavy atom. The number of guanidine groups is 1. The molecule has 1 aromatic heterocycles. The molecular formula is C17H28IN5O2S. The summed E-state index contributed by atoms with van der Waals surface area (Å²) in [7, 11) is -1.73. The molecule has 0 amide bonds. The van der Waals surface area contributed by atoms with Crippen LogP contribution in [0.5, 0.6) is 0 Å². The van der Waals surface area contributed by atoms with Crippen molar-refractivity contribution < 1.29 is 8.42 Å². The number of halogens is 1. The van der Waals surface area contributed by atoms with Crippen LogP contribution in [0.4, 0.5) is 0 Å². The first kappa shape index (κ1) is 21.4. The van der Waals surface area contributed by atoms with Gasteiger partial charge in [0.2, 0.25) is 10.0 Å². The number of pyridine rings is 1. The van der Waals surface area contributed by atoms with Crippen molar-refractivity contribution in [1.82, 2.24) is 19.9 Å². The zero-order valence-electron chi connectivity index (χ0n) is 15.1. The van der Waals surface area contributed by atoms with Crippen LogP contribution < -0.4 is 10.0 Å². The number of hydrogen-bond acceptors (Lipinski definition) is 4. The molecule has 1 saturated heterocycles. The summed E-state index contributed by atoms with van der Waals surface area (Å²) in [5.41, 5.74) is 0. The lowest BCUT2D eigenvalue weighted by molar-refractivity contribution is 0.299. The van der Waals surface area contributed by atoms with Crippen molar-refractivity contribution in [2.24, 2.45) is 16.8 Å². The van der Waals surface area contributed by atoms with E-state index in [2.05, 4.69) is 24.9 Å². The Hall–Kier alpha value is -0.940. The van der Waals surface area contributed by atoms with E-state index in [0.717, 1.165) is 30.9 Å². The van der Waals surface area contributed by atoms with Crippen molar-refractivity contribution in [2.75, 3.05) is 33.2 Å². The van der Waals surface area contributed by atoms with Crippen LogP contribution >= 0.6 is 24.0 Å². The van der Waals surface area contributed by atoms with E-state index in [1.807, 2.05) is 0 Å². The first-order valence-corrected chi connectivity index (χ1v) is 10.4. The Morgan fingerprint density at radius 2 is 1.96 bits per heavy atom. The fourth-order valence-corrected chi connectivity index (χ4v) is 4.85. The number of aromatic nitrogens is 1. The van der Waals surface area contributed by atoms with Gasteiger partial charge in [0.05, 0.1) is 0 Å². The molecule has 9 heteroatoms. The third-order valence-corrected chi connectivity index (χ3v) is 6.58. The van der Waals surface area contributed by atoms with Crippen molar-refractivity contribution in [2.45, 2.75) is 30.6 Å². The van der Waals surface area contributed by atoms with Crippen LogP contribution in [-0.4, -0.2) is 57.5 Å². The van der Waals surface area contributed by atoms with Gasteiger partial charge in [-0.1, -0.05) is 12.8 Å². The Balaban J connectivity index is 0.00000243. The second-order valence-corrected chi connectivity index (χ2v) is 8.54. The van der Waals surface area contributed by atoms with Gasteiger partial charge >= 0.3 is 0 Å². The van der Waals surface area contributed by atoms with E-state index in [0.29, 0.717) is 13.1 Å². The summed E-state index contributed by atoms with van der Waals surface area (Å²) in [6.07, 6.45) is 8.24. The fourth-order valence-electron chi connectivity index (χ4n) is 3.86. The van der Waals surface area contributed by atoms with E-state index in [1.54, 1.807) is 19.3 Å². The minimum atomic E-state index is -3.51. The van der Waals surface area contributed by atoms with E-state index in [1.165, 1.54) is 37.9 Å². The lowest BCUT2D eigenvalue weighted by atomic mass is 9.82. The highest BCUT2D eigenvalue weighted by molar-refractivity contribution is 14.0. The molecule has 2 heterocycles. The Kier molecular flexibility index (Phi) is 8.08. The summed E-state index contributed by atoms with van der Waals surface area (Å²) >= 11 is 0. The molecule has 7 nitrogen and oxygen atoms in total. The van der Waals surface area contributed by atoms with Gasteiger partial charge < -0.3 is 10.2 Å². The van der Waals surface area contributed by atoms with Gasteiger partial charge in [-0.05, 0) is 36.8 Å². The maximum absolute atomic E-state index is 12.2. The molecule has 0 spiro atoms. The van der Waals surface area contributed by atoms with E-state index in [9.17, 15) is 8.42 Å². The average Bonchev–Trinajstić information content (AvgIpc) is 3.06. The van der Waals surface area contributed by atoms with Crippen LogP contribution in [0.1, 0.15) is 25.7 Å². The summed E-state index contributed by atoms with van der Waals surface area (Å²) in [5, 5.41) is 3.28. The first-order chi connectivity index (χ1) is 12.1. The first-order valence-electron chi connectivity index (χ1n) is 8.95. The molecule has 1 aromatic rings. The molecule has 0 radical (unpaired) electrons. The van der Waals surface area contributed by atoms with Crippen LogP contribution in [0.3, 0.4) is 0 Å². The number of likely N-dealkylation sites (tertiary alicyclic amines) is 1. The third-order valence-electron chi connectivity index (χ3n) is 5.13. The standard InChI is InChI=1S/C17H27N5O2S.HI/c1-18-17(22-12-14-5-2-3-6-15(14)13-22)20-9-10-21-25(23,24)16-7-4-8-19-11-16;/h4,7-8,11,14-15,21H,2-3,5-6,9-10,12-13H2,1H3,(H,18,20);1H. The fraction of sp³-hybridized carbons (Fsp3) is 0.647. The largest absolute Gasteiger partial charge is 0.355 e. The van der Waals surface area contributed by atoms with Crippen molar-refractivity contribution in [3.8, 4) is 0 Å². The SMILES string of the molecule is CN=C(NCCNS(=O)(=O)c1cccnc1)N1CC2CCCCC2C1.I. The molecular weight excluding hydrogens is 465 g/mol. The number of rotatable bonds is 5. The summed E-state index contributed by atoms with van der Waals surface area (Å²) in [4.78, 5) is 10.7. The highest BCUT2D eigenvalue weighted by Crippen LogP contribution is 2.35. The molecule has 1 aliphatic heterocycles. The Bertz CT molecular complexity index is 684. The van der Waals surface area contributed by atoms with Gasteiger partial charge in [0.25, 0.3) is 0 Å². The molecule has 2 fully saturated rings. The molecule has 146 valence electrons. The normalized spacial score (nSPS) is 23.3. The summed E-state index contributed by atoms with van der Waals surface area (Å²) in [5.74, 6) is 2.45. The van der Waals surface area contributed by atoms with Gasteiger partial charge in [-0.2, -0.15) is 0 Å². The summed E-state index contributed by atoms with van der Waals surface area (Å²) in [6, 6.07) is 3.15. The lowest BCUT2D eigenvalue weighted by Crippen LogP contribution is -2.43. The van der Waals surface area contributed by atoms with Crippen LogP contribution in [-0.2, 0) is 10.0 Å². The Labute approximate surface area is 173 Å². The van der Waals surface area contributed by atoms with Crippen LogP contribution in [0, 0.1) is 11.8 Å². The van der Waals surface area contributed by atoms with Crippen LogP contribution in [0.15, 0.2) is 34.4 Å². The Morgan fingerprint density at radius 3 is 2.54 bits per heavy atom.